The van der Waals surface area contributed by atoms with Crippen LogP contribution < -0.4 is 0 Å². The average molecular weight is 227 g/mol. The number of rotatable bonds is 0. The van der Waals surface area contributed by atoms with Crippen molar-refractivity contribution in [3.63, 3.8) is 0 Å². The summed E-state index contributed by atoms with van der Waals surface area (Å²) >= 11 is 0. The van der Waals surface area contributed by atoms with Gasteiger partial charge in [0, 0.05) is 13.1 Å². The summed E-state index contributed by atoms with van der Waals surface area (Å²) in [5, 5.41) is 0. The molecule has 1 spiro atoms. The molecule has 4 heteroatoms. The van der Waals surface area contributed by atoms with Crippen LogP contribution in [0, 0.1) is 0 Å². The van der Waals surface area contributed by atoms with Gasteiger partial charge in [-0.3, -0.25) is 0 Å². The van der Waals surface area contributed by atoms with Gasteiger partial charge >= 0.3 is 6.09 Å². The number of carbonyl (C=O) groups is 1. The summed E-state index contributed by atoms with van der Waals surface area (Å²) in [4.78, 5) is 13.6. The molecule has 92 valence electrons. The van der Waals surface area contributed by atoms with E-state index in [9.17, 15) is 4.79 Å². The van der Waals surface area contributed by atoms with Crippen LogP contribution in [0.5, 0.6) is 0 Å². The molecule has 1 atom stereocenters. The molecule has 0 bridgehead atoms. The Bertz CT molecular complexity index is 287. The Kier molecular flexibility index (Phi) is 2.65. The molecule has 1 unspecified atom stereocenters. The molecule has 0 aromatic carbocycles. The third-order valence-corrected chi connectivity index (χ3v) is 3.36. The molecule has 4 nitrogen and oxygen atoms in total. The van der Waals surface area contributed by atoms with Crippen molar-refractivity contribution < 1.29 is 14.3 Å². The molecule has 16 heavy (non-hydrogen) atoms. The molecule has 2 aliphatic rings. The van der Waals surface area contributed by atoms with Crippen LogP contribution in [-0.4, -0.2) is 41.4 Å². The lowest BCUT2D eigenvalue weighted by molar-refractivity contribution is 0.0165. The average Bonchev–Trinajstić information content (AvgIpc) is 2.74. The molecule has 0 aromatic rings. The van der Waals surface area contributed by atoms with Crippen molar-refractivity contribution in [1.29, 1.82) is 0 Å². The van der Waals surface area contributed by atoms with Crippen molar-refractivity contribution >= 4 is 6.09 Å². The molecular weight excluding hydrogens is 206 g/mol. The number of nitrogens with zero attached hydrogens (tertiary/aromatic N) is 1. The number of amides is 1. The zero-order valence-corrected chi connectivity index (χ0v) is 10.6. The smallest absolute Gasteiger partial charge is 0.410 e. The van der Waals surface area contributed by atoms with Crippen LogP contribution in [0.2, 0.25) is 0 Å². The lowest BCUT2D eigenvalue weighted by atomic mass is 9.94. The summed E-state index contributed by atoms with van der Waals surface area (Å²) in [5.41, 5.74) is -0.325. The van der Waals surface area contributed by atoms with Crippen molar-refractivity contribution in [2.45, 2.75) is 57.8 Å². The molecule has 2 saturated heterocycles. The molecule has 0 radical (unpaired) electrons. The van der Waals surface area contributed by atoms with Crippen LogP contribution in [0.3, 0.4) is 0 Å². The summed E-state index contributed by atoms with van der Waals surface area (Å²) in [7, 11) is 0. The van der Waals surface area contributed by atoms with Gasteiger partial charge in [0.2, 0.25) is 0 Å². The van der Waals surface area contributed by atoms with Gasteiger partial charge in [-0.1, -0.05) is 0 Å². The number of carbonyl (C=O) groups excluding carboxylic acids is 1. The van der Waals surface area contributed by atoms with Gasteiger partial charge in [0.05, 0.1) is 11.7 Å². The maximum Gasteiger partial charge on any atom is 0.410 e. The highest BCUT2D eigenvalue weighted by Gasteiger charge is 2.54. The summed E-state index contributed by atoms with van der Waals surface area (Å²) in [6.07, 6.45) is 2.05. The highest BCUT2D eigenvalue weighted by molar-refractivity contribution is 5.68. The topological polar surface area (TPSA) is 42.1 Å². The SMILES string of the molecule is CC1OC12CCN(C(=O)OC(C)(C)C)CC2. The second-order valence-electron chi connectivity index (χ2n) is 5.79. The van der Waals surface area contributed by atoms with E-state index in [0.29, 0.717) is 6.10 Å². The van der Waals surface area contributed by atoms with E-state index < -0.39 is 5.60 Å². The number of hydrogen-bond donors (Lipinski definition) is 0. The zero-order chi connectivity index (χ0) is 12.0. The largest absolute Gasteiger partial charge is 0.444 e. The van der Waals surface area contributed by atoms with Gasteiger partial charge in [0.25, 0.3) is 0 Å². The fourth-order valence-corrected chi connectivity index (χ4v) is 2.24. The molecule has 0 aliphatic carbocycles. The monoisotopic (exact) mass is 227 g/mol. The molecule has 0 saturated carbocycles. The summed E-state index contributed by atoms with van der Waals surface area (Å²) in [6, 6.07) is 0. The van der Waals surface area contributed by atoms with Crippen LogP contribution in [0.1, 0.15) is 40.5 Å². The quantitative estimate of drug-likeness (QED) is 0.596. The first kappa shape index (κ1) is 11.7. The van der Waals surface area contributed by atoms with E-state index >= 15 is 0 Å². The Balaban J connectivity index is 1.83. The number of epoxide rings is 1. The van der Waals surface area contributed by atoms with Gasteiger partial charge in [0.15, 0.2) is 0 Å². The fraction of sp³-hybridized carbons (Fsp3) is 0.917. The van der Waals surface area contributed by atoms with E-state index in [0.717, 1.165) is 25.9 Å². The number of ether oxygens (including phenoxy) is 2. The van der Waals surface area contributed by atoms with Crippen molar-refractivity contribution in [2.75, 3.05) is 13.1 Å². The summed E-state index contributed by atoms with van der Waals surface area (Å²) in [5.74, 6) is 0. The molecular formula is C12H21NO3. The number of hydrogen-bond acceptors (Lipinski definition) is 3. The first-order valence-electron chi connectivity index (χ1n) is 5.98. The number of likely N-dealkylation sites (tertiary alicyclic amines) is 1. The van der Waals surface area contributed by atoms with Crippen LogP contribution in [-0.2, 0) is 9.47 Å². The summed E-state index contributed by atoms with van der Waals surface area (Å²) in [6.45, 7) is 9.27. The van der Waals surface area contributed by atoms with Gasteiger partial charge in [-0.2, -0.15) is 0 Å². The lowest BCUT2D eigenvalue weighted by Gasteiger charge is -2.32. The minimum atomic E-state index is -0.407. The minimum Gasteiger partial charge on any atom is -0.444 e. The molecule has 1 amide bonds. The van der Waals surface area contributed by atoms with E-state index in [1.54, 1.807) is 4.90 Å². The first-order valence-corrected chi connectivity index (χ1v) is 5.98. The third kappa shape index (κ3) is 2.32. The van der Waals surface area contributed by atoms with Crippen molar-refractivity contribution in [2.24, 2.45) is 0 Å². The lowest BCUT2D eigenvalue weighted by Crippen LogP contribution is -2.44. The maximum atomic E-state index is 11.8. The normalized spacial score (nSPS) is 28.0. The van der Waals surface area contributed by atoms with Gasteiger partial charge in [-0.15, -0.1) is 0 Å². The van der Waals surface area contributed by atoms with E-state index in [4.69, 9.17) is 9.47 Å². The van der Waals surface area contributed by atoms with Crippen molar-refractivity contribution in [1.82, 2.24) is 4.90 Å². The Morgan fingerprint density at radius 1 is 1.38 bits per heavy atom. The molecule has 2 fully saturated rings. The number of piperidine rings is 1. The standard InChI is InChI=1S/C12H21NO3/c1-9-12(15-9)5-7-13(8-6-12)10(14)16-11(2,3)4/h9H,5-8H2,1-4H3. The molecule has 0 aromatic heterocycles. The molecule has 2 aliphatic heterocycles. The Labute approximate surface area is 96.9 Å². The van der Waals surface area contributed by atoms with Crippen LogP contribution in [0.4, 0.5) is 4.79 Å². The second kappa shape index (κ2) is 3.62. The molecule has 2 rings (SSSR count). The zero-order valence-electron chi connectivity index (χ0n) is 10.6. The predicted octanol–water partition coefficient (Wildman–Crippen LogP) is 2.17. The predicted molar refractivity (Wildman–Crippen MR) is 60.3 cm³/mol. The maximum absolute atomic E-state index is 11.8. The fourth-order valence-electron chi connectivity index (χ4n) is 2.24. The minimum absolute atomic E-state index is 0.0819. The van der Waals surface area contributed by atoms with Crippen molar-refractivity contribution in [3.05, 3.63) is 0 Å². The Morgan fingerprint density at radius 3 is 2.25 bits per heavy atom. The first-order chi connectivity index (χ1) is 7.32. The Hall–Kier alpha value is -0.770. The van der Waals surface area contributed by atoms with Crippen molar-refractivity contribution in [3.8, 4) is 0 Å². The van der Waals surface area contributed by atoms with E-state index in [-0.39, 0.29) is 11.7 Å². The van der Waals surface area contributed by atoms with E-state index in [1.165, 1.54) is 0 Å². The highest BCUT2D eigenvalue weighted by Crippen LogP contribution is 2.44. The summed E-state index contributed by atoms with van der Waals surface area (Å²) < 4.78 is 10.9. The van der Waals surface area contributed by atoms with Gasteiger partial charge < -0.3 is 14.4 Å². The highest BCUT2D eigenvalue weighted by atomic mass is 16.6. The van der Waals surface area contributed by atoms with Crippen LogP contribution >= 0.6 is 0 Å². The van der Waals surface area contributed by atoms with E-state index in [1.807, 2.05) is 20.8 Å². The Morgan fingerprint density at radius 2 is 1.88 bits per heavy atom. The van der Waals surface area contributed by atoms with Crippen LogP contribution in [0.15, 0.2) is 0 Å². The van der Waals surface area contributed by atoms with Gasteiger partial charge in [-0.05, 0) is 40.5 Å². The van der Waals surface area contributed by atoms with Gasteiger partial charge in [-0.25, -0.2) is 4.79 Å². The van der Waals surface area contributed by atoms with Gasteiger partial charge in [0.1, 0.15) is 5.60 Å². The second-order valence-corrected chi connectivity index (χ2v) is 5.79. The van der Waals surface area contributed by atoms with Crippen LogP contribution in [0.25, 0.3) is 0 Å². The van der Waals surface area contributed by atoms with E-state index in [2.05, 4.69) is 6.92 Å². The molecule has 0 N–H and O–H groups in total. The third-order valence-electron chi connectivity index (χ3n) is 3.36. The molecule has 2 heterocycles.